The van der Waals surface area contributed by atoms with Gasteiger partial charge in [0.25, 0.3) is 0 Å². The zero-order valence-corrected chi connectivity index (χ0v) is 12.4. The van der Waals surface area contributed by atoms with Gasteiger partial charge in [-0.25, -0.2) is 17.5 Å². The number of sulfonamides is 1. The standard InChI is InChI=1S/C14H21FN2O2S/c1-2-10-3-6-12(7-4-10)17-20(18,19)14-9-11(16)5-8-13(14)15/h5,8-10,12,17H,2-4,6-7,16H2,1H3. The number of nitrogen functional groups attached to an aromatic ring is 1. The number of halogens is 1. The molecule has 6 heteroatoms. The lowest BCUT2D eigenvalue weighted by atomic mass is 9.85. The van der Waals surface area contributed by atoms with Crippen LogP contribution in [0.2, 0.25) is 0 Å². The maximum Gasteiger partial charge on any atom is 0.243 e. The first-order valence-corrected chi connectivity index (χ1v) is 8.48. The highest BCUT2D eigenvalue weighted by Crippen LogP contribution is 2.28. The van der Waals surface area contributed by atoms with Crippen molar-refractivity contribution >= 4 is 15.7 Å². The van der Waals surface area contributed by atoms with Crippen molar-refractivity contribution in [2.75, 3.05) is 5.73 Å². The first-order chi connectivity index (χ1) is 9.42. The van der Waals surface area contributed by atoms with Gasteiger partial charge in [-0.15, -0.1) is 0 Å². The van der Waals surface area contributed by atoms with Gasteiger partial charge in [0.05, 0.1) is 0 Å². The lowest BCUT2D eigenvalue weighted by Crippen LogP contribution is -2.37. The highest BCUT2D eigenvalue weighted by atomic mass is 32.2. The van der Waals surface area contributed by atoms with Gasteiger partial charge in [0, 0.05) is 11.7 Å². The van der Waals surface area contributed by atoms with Gasteiger partial charge in [-0.1, -0.05) is 13.3 Å². The first kappa shape index (κ1) is 15.3. The number of rotatable bonds is 4. The Bertz CT molecular complexity index is 567. The van der Waals surface area contributed by atoms with E-state index in [1.807, 2.05) is 0 Å². The van der Waals surface area contributed by atoms with Crippen LogP contribution in [0.5, 0.6) is 0 Å². The third-order valence-electron chi connectivity index (χ3n) is 3.99. The molecule has 4 nitrogen and oxygen atoms in total. The minimum atomic E-state index is -3.84. The molecule has 2 rings (SSSR count). The Morgan fingerprint density at radius 1 is 1.30 bits per heavy atom. The second-order valence-corrected chi connectivity index (χ2v) is 7.12. The fourth-order valence-corrected chi connectivity index (χ4v) is 4.11. The van der Waals surface area contributed by atoms with Gasteiger partial charge in [0.1, 0.15) is 10.7 Å². The molecule has 0 saturated heterocycles. The molecule has 0 amide bonds. The highest BCUT2D eigenvalue weighted by molar-refractivity contribution is 7.89. The van der Waals surface area contributed by atoms with Gasteiger partial charge in [0.15, 0.2) is 0 Å². The fraction of sp³-hybridized carbons (Fsp3) is 0.571. The van der Waals surface area contributed by atoms with Crippen LogP contribution in [0.1, 0.15) is 39.0 Å². The third-order valence-corrected chi connectivity index (χ3v) is 5.53. The van der Waals surface area contributed by atoms with Crippen LogP contribution >= 0.6 is 0 Å². The molecule has 1 aromatic rings. The summed E-state index contributed by atoms with van der Waals surface area (Å²) in [4.78, 5) is -0.366. The normalized spacial score (nSPS) is 23.7. The Hall–Kier alpha value is -1.14. The summed E-state index contributed by atoms with van der Waals surface area (Å²) in [6, 6.07) is 3.48. The van der Waals surface area contributed by atoms with Crippen molar-refractivity contribution in [1.82, 2.24) is 4.72 Å². The van der Waals surface area contributed by atoms with E-state index in [1.54, 1.807) is 0 Å². The summed E-state index contributed by atoms with van der Waals surface area (Å²) in [5.74, 6) is -0.0891. The second kappa shape index (κ2) is 6.10. The molecule has 112 valence electrons. The van der Waals surface area contributed by atoms with Crippen LogP contribution in [0, 0.1) is 11.7 Å². The molecular weight excluding hydrogens is 279 g/mol. The van der Waals surface area contributed by atoms with Crippen molar-refractivity contribution in [2.45, 2.75) is 50.0 Å². The van der Waals surface area contributed by atoms with E-state index in [-0.39, 0.29) is 16.6 Å². The predicted molar refractivity (Wildman–Crippen MR) is 77.2 cm³/mol. The van der Waals surface area contributed by atoms with E-state index in [0.29, 0.717) is 5.92 Å². The van der Waals surface area contributed by atoms with Gasteiger partial charge < -0.3 is 5.73 Å². The number of hydrogen-bond donors (Lipinski definition) is 2. The van der Waals surface area contributed by atoms with Crippen molar-refractivity contribution in [1.29, 1.82) is 0 Å². The zero-order valence-electron chi connectivity index (χ0n) is 11.6. The summed E-state index contributed by atoms with van der Waals surface area (Å²) < 4.78 is 40.7. The molecule has 1 aliphatic carbocycles. The molecule has 0 unspecified atom stereocenters. The first-order valence-electron chi connectivity index (χ1n) is 6.99. The lowest BCUT2D eigenvalue weighted by Gasteiger charge is -2.28. The largest absolute Gasteiger partial charge is 0.399 e. The monoisotopic (exact) mass is 300 g/mol. The molecule has 0 spiro atoms. The van der Waals surface area contributed by atoms with E-state index >= 15 is 0 Å². The maximum atomic E-state index is 13.7. The van der Waals surface area contributed by atoms with Crippen molar-refractivity contribution in [3.05, 3.63) is 24.0 Å². The smallest absolute Gasteiger partial charge is 0.243 e. The Labute approximate surface area is 119 Å². The molecule has 20 heavy (non-hydrogen) atoms. The topological polar surface area (TPSA) is 72.2 Å². The van der Waals surface area contributed by atoms with Crippen LogP contribution in [-0.2, 0) is 10.0 Å². The zero-order chi connectivity index (χ0) is 14.8. The van der Waals surface area contributed by atoms with E-state index in [1.165, 1.54) is 6.07 Å². The van der Waals surface area contributed by atoms with Crippen LogP contribution in [0.25, 0.3) is 0 Å². The fourth-order valence-electron chi connectivity index (χ4n) is 2.70. The average Bonchev–Trinajstić information content (AvgIpc) is 2.42. The molecule has 0 atom stereocenters. The van der Waals surface area contributed by atoms with Crippen LogP contribution < -0.4 is 10.5 Å². The summed E-state index contributed by atoms with van der Waals surface area (Å²) in [5.41, 5.74) is 5.77. The second-order valence-electron chi connectivity index (χ2n) is 5.44. The molecule has 0 heterocycles. The minimum absolute atomic E-state index is 0.108. The van der Waals surface area contributed by atoms with Gasteiger partial charge in [0.2, 0.25) is 10.0 Å². The quantitative estimate of drug-likeness (QED) is 0.840. The van der Waals surface area contributed by atoms with Crippen LogP contribution in [0.15, 0.2) is 23.1 Å². The van der Waals surface area contributed by atoms with E-state index in [0.717, 1.165) is 44.2 Å². The van der Waals surface area contributed by atoms with Gasteiger partial charge in [-0.3, -0.25) is 0 Å². The van der Waals surface area contributed by atoms with E-state index in [4.69, 9.17) is 5.73 Å². The molecule has 0 radical (unpaired) electrons. The number of hydrogen-bond acceptors (Lipinski definition) is 3. The summed E-state index contributed by atoms with van der Waals surface area (Å²) in [6.45, 7) is 2.15. The molecule has 0 aliphatic heterocycles. The minimum Gasteiger partial charge on any atom is -0.399 e. The Morgan fingerprint density at radius 2 is 1.95 bits per heavy atom. The number of nitrogens with one attached hydrogen (secondary N) is 1. The Kier molecular flexibility index (Phi) is 4.65. The predicted octanol–water partition coefficient (Wildman–Crippen LogP) is 2.66. The van der Waals surface area contributed by atoms with Gasteiger partial charge in [-0.2, -0.15) is 0 Å². The van der Waals surface area contributed by atoms with Gasteiger partial charge in [-0.05, 0) is 49.8 Å². The molecule has 1 aliphatic rings. The van der Waals surface area contributed by atoms with Crippen molar-refractivity contribution < 1.29 is 12.8 Å². The van der Waals surface area contributed by atoms with Crippen LogP contribution in [-0.4, -0.2) is 14.5 Å². The molecule has 3 N–H and O–H groups in total. The maximum absolute atomic E-state index is 13.7. The number of anilines is 1. The van der Waals surface area contributed by atoms with Crippen LogP contribution in [0.3, 0.4) is 0 Å². The Balaban J connectivity index is 2.10. The number of nitrogens with two attached hydrogens (primary N) is 1. The van der Waals surface area contributed by atoms with Crippen LogP contribution in [0.4, 0.5) is 10.1 Å². The summed E-state index contributed by atoms with van der Waals surface area (Å²) >= 11 is 0. The summed E-state index contributed by atoms with van der Waals surface area (Å²) in [5, 5.41) is 0. The van der Waals surface area contributed by atoms with Crippen molar-refractivity contribution in [3.8, 4) is 0 Å². The molecule has 0 bridgehead atoms. The average molecular weight is 300 g/mol. The highest BCUT2D eigenvalue weighted by Gasteiger charge is 2.26. The molecule has 1 fully saturated rings. The Morgan fingerprint density at radius 3 is 2.55 bits per heavy atom. The third kappa shape index (κ3) is 3.49. The van der Waals surface area contributed by atoms with E-state index < -0.39 is 15.8 Å². The lowest BCUT2D eigenvalue weighted by molar-refractivity contribution is 0.306. The van der Waals surface area contributed by atoms with Gasteiger partial charge >= 0.3 is 0 Å². The van der Waals surface area contributed by atoms with Crippen molar-refractivity contribution in [3.63, 3.8) is 0 Å². The molecular formula is C14H21FN2O2S. The molecule has 0 aromatic heterocycles. The molecule has 1 aromatic carbocycles. The van der Waals surface area contributed by atoms with Crippen molar-refractivity contribution in [2.24, 2.45) is 5.92 Å². The number of benzene rings is 1. The molecule has 1 saturated carbocycles. The van der Waals surface area contributed by atoms with E-state index in [2.05, 4.69) is 11.6 Å². The SMILES string of the molecule is CCC1CCC(NS(=O)(=O)c2cc(N)ccc2F)CC1. The summed E-state index contributed by atoms with van der Waals surface area (Å²) in [7, 11) is -3.84. The van der Waals surface area contributed by atoms with E-state index in [9.17, 15) is 12.8 Å². The summed E-state index contributed by atoms with van der Waals surface area (Å²) in [6.07, 6.45) is 4.78.